The van der Waals surface area contributed by atoms with Crippen molar-refractivity contribution in [1.29, 1.82) is 0 Å². The van der Waals surface area contributed by atoms with Gasteiger partial charge in [-0.3, -0.25) is 0 Å². The molecule has 0 aliphatic carbocycles. The van der Waals surface area contributed by atoms with E-state index in [0.717, 1.165) is 5.70 Å². The van der Waals surface area contributed by atoms with Crippen molar-refractivity contribution in [3.8, 4) is 0 Å². The highest BCUT2D eigenvalue weighted by Crippen LogP contribution is 1.95. The average molecular weight is 145 g/mol. The second kappa shape index (κ2) is 3.30. The first-order valence-corrected chi connectivity index (χ1v) is 2.44. The summed E-state index contributed by atoms with van der Waals surface area (Å²) >= 11 is 0. The van der Waals surface area contributed by atoms with Crippen molar-refractivity contribution in [2.24, 2.45) is 0 Å². The molecule has 0 spiro atoms. The summed E-state index contributed by atoms with van der Waals surface area (Å²) < 4.78 is 1.86. The molecule has 9 heavy (non-hydrogen) atoms. The molecule has 0 radical (unpaired) electrons. The number of hydrogen-bond donors (Lipinski definition) is 0. The molecule has 0 bridgehead atoms. The fourth-order valence-corrected chi connectivity index (χ4v) is 0.485. The molecular formula is C6H9ClN2. The number of imidazole rings is 1. The van der Waals surface area contributed by atoms with Gasteiger partial charge in [0, 0.05) is 18.1 Å². The van der Waals surface area contributed by atoms with Crippen molar-refractivity contribution in [3.63, 3.8) is 0 Å². The maximum absolute atomic E-state index is 3.85. The first-order valence-electron chi connectivity index (χ1n) is 2.44. The lowest BCUT2D eigenvalue weighted by atomic mass is 10.6. The Morgan fingerprint density at radius 3 is 2.56 bits per heavy atom. The van der Waals surface area contributed by atoms with Gasteiger partial charge < -0.3 is 4.57 Å². The maximum atomic E-state index is 3.85. The molecule has 0 N–H and O–H groups in total. The third-order valence-corrected chi connectivity index (χ3v) is 0.945. The normalized spacial score (nSPS) is 8.11. The maximum Gasteiger partial charge on any atom is 0.0988 e. The second-order valence-corrected chi connectivity index (χ2v) is 1.71. The highest BCUT2D eigenvalue weighted by Gasteiger charge is 1.83. The standard InChI is InChI=1S/C6H8N2.ClH/c1-6(2)8-4-3-7-5-8;/h3-5H,1H2,2H3;1H. The van der Waals surface area contributed by atoms with Gasteiger partial charge in [0.25, 0.3) is 0 Å². The van der Waals surface area contributed by atoms with Crippen molar-refractivity contribution in [1.82, 2.24) is 9.55 Å². The molecule has 1 aromatic rings. The summed E-state index contributed by atoms with van der Waals surface area (Å²) in [6, 6.07) is 0. The van der Waals surface area contributed by atoms with Crippen LogP contribution in [0, 0.1) is 0 Å². The summed E-state index contributed by atoms with van der Waals surface area (Å²) in [5.74, 6) is 0. The lowest BCUT2D eigenvalue weighted by Crippen LogP contribution is -1.84. The van der Waals surface area contributed by atoms with Crippen molar-refractivity contribution < 1.29 is 0 Å². The van der Waals surface area contributed by atoms with Gasteiger partial charge in [-0.1, -0.05) is 6.58 Å². The van der Waals surface area contributed by atoms with Crippen molar-refractivity contribution in [2.45, 2.75) is 6.92 Å². The van der Waals surface area contributed by atoms with E-state index in [-0.39, 0.29) is 12.4 Å². The van der Waals surface area contributed by atoms with Gasteiger partial charge in [-0.05, 0) is 6.92 Å². The summed E-state index contributed by atoms with van der Waals surface area (Å²) in [6.07, 6.45) is 5.32. The van der Waals surface area contributed by atoms with Gasteiger partial charge in [0.15, 0.2) is 0 Å². The first-order chi connectivity index (χ1) is 3.80. The van der Waals surface area contributed by atoms with Crippen molar-refractivity contribution >= 4 is 18.1 Å². The number of nitrogens with zero attached hydrogens (tertiary/aromatic N) is 2. The van der Waals surface area contributed by atoms with Crippen LogP contribution in [0.4, 0.5) is 0 Å². The van der Waals surface area contributed by atoms with Gasteiger partial charge in [-0.2, -0.15) is 0 Å². The Morgan fingerprint density at radius 2 is 2.33 bits per heavy atom. The van der Waals surface area contributed by atoms with E-state index < -0.39 is 0 Å². The number of rotatable bonds is 1. The molecule has 0 fully saturated rings. The molecule has 50 valence electrons. The van der Waals surface area contributed by atoms with E-state index in [0.29, 0.717) is 0 Å². The van der Waals surface area contributed by atoms with E-state index in [1.165, 1.54) is 0 Å². The third kappa shape index (κ3) is 1.90. The van der Waals surface area contributed by atoms with Gasteiger partial charge >= 0.3 is 0 Å². The fourth-order valence-electron chi connectivity index (χ4n) is 0.485. The van der Waals surface area contributed by atoms with Crippen LogP contribution in [-0.2, 0) is 0 Å². The van der Waals surface area contributed by atoms with E-state index in [4.69, 9.17) is 0 Å². The zero-order chi connectivity index (χ0) is 5.98. The van der Waals surface area contributed by atoms with Gasteiger partial charge in [-0.25, -0.2) is 4.98 Å². The smallest absolute Gasteiger partial charge is 0.0988 e. The number of allylic oxidation sites excluding steroid dienone is 1. The van der Waals surface area contributed by atoms with Crippen LogP contribution in [0.15, 0.2) is 25.3 Å². The molecule has 1 heterocycles. The molecule has 0 aromatic carbocycles. The van der Waals surface area contributed by atoms with E-state index in [1.54, 1.807) is 12.5 Å². The topological polar surface area (TPSA) is 17.8 Å². The molecule has 0 amide bonds. The predicted molar refractivity (Wildman–Crippen MR) is 40.5 cm³/mol. The van der Waals surface area contributed by atoms with E-state index in [1.807, 2.05) is 17.7 Å². The Kier molecular flexibility index (Phi) is 3.02. The van der Waals surface area contributed by atoms with Crippen molar-refractivity contribution in [3.05, 3.63) is 25.3 Å². The lowest BCUT2D eigenvalue weighted by Gasteiger charge is -1.94. The Labute approximate surface area is 60.6 Å². The minimum atomic E-state index is 0. The van der Waals surface area contributed by atoms with E-state index in [2.05, 4.69) is 11.6 Å². The fraction of sp³-hybridized carbons (Fsp3) is 0.167. The monoisotopic (exact) mass is 144 g/mol. The zero-order valence-corrected chi connectivity index (χ0v) is 6.06. The van der Waals surface area contributed by atoms with Crippen LogP contribution in [0.25, 0.3) is 5.70 Å². The number of aromatic nitrogens is 2. The molecule has 0 aliphatic heterocycles. The second-order valence-electron chi connectivity index (χ2n) is 1.71. The van der Waals surface area contributed by atoms with Crippen LogP contribution in [0.3, 0.4) is 0 Å². The lowest BCUT2D eigenvalue weighted by molar-refractivity contribution is 1.08. The minimum absolute atomic E-state index is 0. The van der Waals surface area contributed by atoms with Gasteiger partial charge in [0.05, 0.1) is 6.33 Å². The first kappa shape index (κ1) is 8.24. The molecule has 0 saturated carbocycles. The number of hydrogen-bond acceptors (Lipinski definition) is 1. The molecule has 0 aliphatic rings. The highest BCUT2D eigenvalue weighted by atomic mass is 35.5. The predicted octanol–water partition coefficient (Wildman–Crippen LogP) is 1.80. The average Bonchev–Trinajstić information content (AvgIpc) is 2.12. The van der Waals surface area contributed by atoms with E-state index >= 15 is 0 Å². The SMILES string of the molecule is C=C(C)n1ccnc1.Cl. The quantitative estimate of drug-likeness (QED) is 0.588. The molecule has 0 saturated heterocycles. The van der Waals surface area contributed by atoms with Crippen LogP contribution >= 0.6 is 12.4 Å². The Hall–Kier alpha value is -0.760. The van der Waals surface area contributed by atoms with Gasteiger partial charge in [0.2, 0.25) is 0 Å². The zero-order valence-electron chi connectivity index (χ0n) is 5.24. The summed E-state index contributed by atoms with van der Waals surface area (Å²) in [6.45, 7) is 5.65. The van der Waals surface area contributed by atoms with Crippen LogP contribution in [0.5, 0.6) is 0 Å². The summed E-state index contributed by atoms with van der Waals surface area (Å²) in [5, 5.41) is 0. The van der Waals surface area contributed by atoms with Crippen molar-refractivity contribution in [2.75, 3.05) is 0 Å². The minimum Gasteiger partial charge on any atom is -0.311 e. The third-order valence-electron chi connectivity index (χ3n) is 0.945. The van der Waals surface area contributed by atoms with Gasteiger partial charge in [-0.15, -0.1) is 12.4 Å². The molecule has 0 unspecified atom stereocenters. The molecular weight excluding hydrogens is 136 g/mol. The number of halogens is 1. The summed E-state index contributed by atoms with van der Waals surface area (Å²) in [5.41, 5.74) is 0.988. The molecule has 0 atom stereocenters. The Morgan fingerprint density at radius 1 is 1.67 bits per heavy atom. The van der Waals surface area contributed by atoms with Crippen LogP contribution < -0.4 is 0 Å². The van der Waals surface area contributed by atoms with Crippen LogP contribution in [0.1, 0.15) is 6.92 Å². The van der Waals surface area contributed by atoms with Crippen LogP contribution in [0.2, 0.25) is 0 Å². The summed E-state index contributed by atoms with van der Waals surface area (Å²) in [7, 11) is 0. The highest BCUT2D eigenvalue weighted by molar-refractivity contribution is 5.85. The largest absolute Gasteiger partial charge is 0.311 e. The van der Waals surface area contributed by atoms with Crippen LogP contribution in [-0.4, -0.2) is 9.55 Å². The Balaban J connectivity index is 0.000000640. The molecule has 1 aromatic heterocycles. The molecule has 2 nitrogen and oxygen atoms in total. The van der Waals surface area contributed by atoms with Gasteiger partial charge in [0.1, 0.15) is 0 Å². The van der Waals surface area contributed by atoms with E-state index in [9.17, 15) is 0 Å². The molecule has 1 rings (SSSR count). The summed E-state index contributed by atoms with van der Waals surface area (Å²) in [4.78, 5) is 3.85. The molecule has 3 heteroatoms. The Bertz CT molecular complexity index is 179.